The number of pyridine rings is 1. The summed E-state index contributed by atoms with van der Waals surface area (Å²) < 4.78 is 0. The summed E-state index contributed by atoms with van der Waals surface area (Å²) in [5.74, 6) is 0.458. The number of aromatic nitrogens is 1. The molecule has 0 saturated heterocycles. The average Bonchev–Trinajstić information content (AvgIpc) is 2.05. The fourth-order valence-corrected chi connectivity index (χ4v) is 0.961. The number of hydrogen-bond donors (Lipinski definition) is 0. The lowest BCUT2D eigenvalue weighted by Gasteiger charge is -2.06. The minimum absolute atomic E-state index is 0.458. The first-order chi connectivity index (χ1) is 5.24. The molecule has 0 aliphatic heterocycles. The van der Waals surface area contributed by atoms with Crippen LogP contribution in [-0.2, 0) is 0 Å². The third kappa shape index (κ3) is 2.19. The van der Waals surface area contributed by atoms with Gasteiger partial charge in [0.2, 0.25) is 0 Å². The Morgan fingerprint density at radius 1 is 1.55 bits per heavy atom. The molecule has 0 N–H and O–H groups in total. The summed E-state index contributed by atoms with van der Waals surface area (Å²) in [6, 6.07) is 3.82. The molecule has 0 aliphatic rings. The molecule has 0 spiro atoms. The molecule has 0 bridgehead atoms. The number of hydrogen-bond acceptors (Lipinski definition) is 1. The second-order valence-corrected chi connectivity index (χ2v) is 2.92. The van der Waals surface area contributed by atoms with Gasteiger partial charge in [0.1, 0.15) is 5.15 Å². The van der Waals surface area contributed by atoms with Crippen molar-refractivity contribution < 1.29 is 0 Å². The smallest absolute Gasteiger partial charge is 0.129 e. The molecular formula is C9H11ClN. The van der Waals surface area contributed by atoms with Crippen molar-refractivity contribution in [1.29, 1.82) is 0 Å². The van der Waals surface area contributed by atoms with Gasteiger partial charge >= 0.3 is 0 Å². The first kappa shape index (κ1) is 8.54. The molecule has 0 amide bonds. The third-order valence-corrected chi connectivity index (χ3v) is 2.00. The Hall–Kier alpha value is -0.560. The zero-order valence-corrected chi connectivity index (χ0v) is 7.47. The van der Waals surface area contributed by atoms with E-state index in [9.17, 15) is 0 Å². The zero-order chi connectivity index (χ0) is 8.27. The lowest BCUT2D eigenvalue weighted by Crippen LogP contribution is -1.92. The van der Waals surface area contributed by atoms with Gasteiger partial charge < -0.3 is 0 Å². The normalized spacial score (nSPS) is 13.0. The van der Waals surface area contributed by atoms with Crippen molar-refractivity contribution >= 4 is 11.6 Å². The van der Waals surface area contributed by atoms with Crippen molar-refractivity contribution in [2.75, 3.05) is 0 Å². The standard InChI is InChI=1S/C9H11ClN/c1-3-7(2)8-4-5-9(10)11-6-8/h3-7H,1-2H3. The van der Waals surface area contributed by atoms with E-state index in [1.165, 1.54) is 5.56 Å². The van der Waals surface area contributed by atoms with Crippen LogP contribution in [0, 0.1) is 6.42 Å². The largest absolute Gasteiger partial charge is 0.244 e. The quantitative estimate of drug-likeness (QED) is 0.619. The molecule has 0 aromatic carbocycles. The van der Waals surface area contributed by atoms with Gasteiger partial charge in [-0.3, -0.25) is 0 Å². The van der Waals surface area contributed by atoms with Crippen LogP contribution in [0.4, 0.5) is 0 Å². The predicted molar refractivity (Wildman–Crippen MR) is 47.6 cm³/mol. The van der Waals surface area contributed by atoms with Crippen molar-refractivity contribution in [3.63, 3.8) is 0 Å². The third-order valence-electron chi connectivity index (χ3n) is 1.78. The van der Waals surface area contributed by atoms with E-state index in [4.69, 9.17) is 11.6 Å². The van der Waals surface area contributed by atoms with Gasteiger partial charge in [-0.25, -0.2) is 4.98 Å². The van der Waals surface area contributed by atoms with Gasteiger partial charge in [-0.2, -0.15) is 0 Å². The summed E-state index contributed by atoms with van der Waals surface area (Å²) in [6.45, 7) is 4.17. The highest BCUT2D eigenvalue weighted by atomic mass is 35.5. The Bertz CT molecular complexity index is 218. The van der Waals surface area contributed by atoms with Gasteiger partial charge in [-0.05, 0) is 24.0 Å². The van der Waals surface area contributed by atoms with E-state index in [2.05, 4.69) is 18.3 Å². The van der Waals surface area contributed by atoms with Gasteiger partial charge in [-0.15, -0.1) is 0 Å². The zero-order valence-electron chi connectivity index (χ0n) is 6.71. The monoisotopic (exact) mass is 168 g/mol. The Kier molecular flexibility index (Phi) is 2.89. The Balaban J connectivity index is 2.81. The van der Waals surface area contributed by atoms with E-state index in [1.54, 1.807) is 0 Å². The molecule has 0 aliphatic carbocycles. The molecule has 1 heterocycles. The maximum Gasteiger partial charge on any atom is 0.129 e. The minimum Gasteiger partial charge on any atom is -0.244 e. The lowest BCUT2D eigenvalue weighted by molar-refractivity contribution is 0.878. The van der Waals surface area contributed by atoms with Crippen LogP contribution in [0.25, 0.3) is 0 Å². The van der Waals surface area contributed by atoms with Crippen LogP contribution in [0.15, 0.2) is 18.3 Å². The summed E-state index contributed by atoms with van der Waals surface area (Å²) in [4.78, 5) is 3.99. The summed E-state index contributed by atoms with van der Waals surface area (Å²) in [6.07, 6.45) is 3.94. The molecular weight excluding hydrogens is 158 g/mol. The van der Waals surface area contributed by atoms with Gasteiger partial charge in [0.15, 0.2) is 0 Å². The second kappa shape index (κ2) is 3.72. The van der Waals surface area contributed by atoms with Gasteiger partial charge in [0.25, 0.3) is 0 Å². The van der Waals surface area contributed by atoms with Crippen molar-refractivity contribution in [3.05, 3.63) is 35.5 Å². The molecule has 11 heavy (non-hydrogen) atoms. The highest BCUT2D eigenvalue weighted by Gasteiger charge is 2.01. The fraction of sp³-hybridized carbons (Fsp3) is 0.333. The fourth-order valence-electron chi connectivity index (χ4n) is 0.849. The average molecular weight is 169 g/mol. The second-order valence-electron chi connectivity index (χ2n) is 2.54. The summed E-state index contributed by atoms with van der Waals surface area (Å²) in [7, 11) is 0. The SMILES string of the molecule is C[CH]C(C)c1ccc(Cl)nc1. The van der Waals surface area contributed by atoms with Gasteiger partial charge in [0, 0.05) is 6.20 Å². The number of nitrogens with zero attached hydrogens (tertiary/aromatic N) is 1. The van der Waals surface area contributed by atoms with Crippen LogP contribution in [0.1, 0.15) is 25.3 Å². The summed E-state index contributed by atoms with van der Waals surface area (Å²) in [5, 5.41) is 0.553. The van der Waals surface area contributed by atoms with Crippen LogP contribution >= 0.6 is 11.6 Å². The molecule has 59 valence electrons. The maximum absolute atomic E-state index is 5.64. The van der Waals surface area contributed by atoms with Crippen molar-refractivity contribution in [2.45, 2.75) is 19.8 Å². The number of halogens is 1. The van der Waals surface area contributed by atoms with Crippen LogP contribution in [0.3, 0.4) is 0 Å². The summed E-state index contributed by atoms with van der Waals surface area (Å²) >= 11 is 5.64. The predicted octanol–water partition coefficient (Wildman–Crippen LogP) is 3.06. The van der Waals surface area contributed by atoms with E-state index in [1.807, 2.05) is 25.3 Å². The van der Waals surface area contributed by atoms with E-state index in [0.29, 0.717) is 11.1 Å². The maximum atomic E-state index is 5.64. The molecule has 0 saturated carbocycles. The molecule has 1 rings (SSSR count). The van der Waals surface area contributed by atoms with E-state index in [-0.39, 0.29) is 0 Å². The molecule has 1 radical (unpaired) electrons. The van der Waals surface area contributed by atoms with Gasteiger partial charge in [-0.1, -0.05) is 31.5 Å². The molecule has 1 aromatic heterocycles. The van der Waals surface area contributed by atoms with Gasteiger partial charge in [0.05, 0.1) is 0 Å². The van der Waals surface area contributed by atoms with Crippen LogP contribution in [0.2, 0.25) is 5.15 Å². The summed E-state index contributed by atoms with van der Waals surface area (Å²) in [5.41, 5.74) is 1.21. The molecule has 1 nitrogen and oxygen atoms in total. The highest BCUT2D eigenvalue weighted by molar-refractivity contribution is 6.29. The topological polar surface area (TPSA) is 12.9 Å². The van der Waals surface area contributed by atoms with E-state index >= 15 is 0 Å². The first-order valence-electron chi connectivity index (χ1n) is 3.65. The molecule has 1 atom stereocenters. The molecule has 0 fully saturated rings. The highest BCUT2D eigenvalue weighted by Crippen LogP contribution is 2.17. The minimum atomic E-state index is 0.458. The molecule has 2 heteroatoms. The molecule has 1 aromatic rings. The first-order valence-corrected chi connectivity index (χ1v) is 4.02. The Labute approximate surface area is 72.4 Å². The lowest BCUT2D eigenvalue weighted by atomic mass is 10.0. The van der Waals surface area contributed by atoms with E-state index < -0.39 is 0 Å². The Morgan fingerprint density at radius 2 is 2.27 bits per heavy atom. The van der Waals surface area contributed by atoms with E-state index in [0.717, 1.165) is 0 Å². The van der Waals surface area contributed by atoms with Crippen molar-refractivity contribution in [1.82, 2.24) is 4.98 Å². The van der Waals surface area contributed by atoms with Crippen LogP contribution < -0.4 is 0 Å². The van der Waals surface area contributed by atoms with Crippen molar-refractivity contribution in [2.24, 2.45) is 0 Å². The van der Waals surface area contributed by atoms with Crippen molar-refractivity contribution in [3.8, 4) is 0 Å². The van der Waals surface area contributed by atoms with Crippen LogP contribution in [-0.4, -0.2) is 4.98 Å². The van der Waals surface area contributed by atoms with Crippen LogP contribution in [0.5, 0.6) is 0 Å². The number of rotatable bonds is 2. The molecule has 1 unspecified atom stereocenters. The Morgan fingerprint density at radius 3 is 2.73 bits per heavy atom.